The van der Waals surface area contributed by atoms with Crippen molar-refractivity contribution < 1.29 is 4.74 Å². The molecule has 2 fully saturated rings. The van der Waals surface area contributed by atoms with Gasteiger partial charge in [-0.25, -0.2) is 0 Å². The third kappa shape index (κ3) is 1.66. The van der Waals surface area contributed by atoms with Crippen molar-refractivity contribution in [2.75, 3.05) is 0 Å². The van der Waals surface area contributed by atoms with Crippen molar-refractivity contribution in [3.8, 4) is 0 Å². The fourth-order valence-electron chi connectivity index (χ4n) is 4.07. The SMILES string of the molecule is [B][C@@H]1OC2(CC(C)C)CC(=C)C1[C@@H]2C(C)C. The Morgan fingerprint density at radius 2 is 2.06 bits per heavy atom. The molecule has 0 N–H and O–H groups in total. The van der Waals surface area contributed by atoms with Crippen LogP contribution >= 0.6 is 0 Å². The van der Waals surface area contributed by atoms with Crippen molar-refractivity contribution >= 4 is 7.85 Å². The summed E-state index contributed by atoms with van der Waals surface area (Å²) in [5.74, 6) is 2.23. The average molecular weight is 218 g/mol. The Morgan fingerprint density at radius 1 is 1.44 bits per heavy atom. The lowest BCUT2D eigenvalue weighted by molar-refractivity contribution is -0.0584. The molecule has 16 heavy (non-hydrogen) atoms. The summed E-state index contributed by atoms with van der Waals surface area (Å²) in [5.41, 5.74) is 1.31. The van der Waals surface area contributed by atoms with Crippen LogP contribution in [0.25, 0.3) is 0 Å². The highest BCUT2D eigenvalue weighted by molar-refractivity contribution is 6.11. The van der Waals surface area contributed by atoms with Crippen molar-refractivity contribution in [3.05, 3.63) is 12.2 Å². The van der Waals surface area contributed by atoms with Gasteiger partial charge >= 0.3 is 0 Å². The highest BCUT2D eigenvalue weighted by atomic mass is 16.5. The summed E-state index contributed by atoms with van der Waals surface area (Å²) in [7, 11) is 6.12. The zero-order chi connectivity index (χ0) is 12.1. The van der Waals surface area contributed by atoms with E-state index in [1.54, 1.807) is 0 Å². The molecule has 1 saturated heterocycles. The fraction of sp³-hybridized carbons (Fsp3) is 0.857. The van der Waals surface area contributed by atoms with Gasteiger partial charge in [0.15, 0.2) is 0 Å². The van der Waals surface area contributed by atoms with E-state index in [0.29, 0.717) is 23.7 Å². The van der Waals surface area contributed by atoms with E-state index in [-0.39, 0.29) is 11.6 Å². The summed E-state index contributed by atoms with van der Waals surface area (Å²) in [6, 6.07) is -0.118. The minimum Gasteiger partial charge on any atom is -0.380 e. The monoisotopic (exact) mass is 218 g/mol. The zero-order valence-electron chi connectivity index (χ0n) is 11.0. The van der Waals surface area contributed by atoms with Crippen molar-refractivity contribution in [3.63, 3.8) is 0 Å². The van der Waals surface area contributed by atoms with E-state index in [4.69, 9.17) is 12.6 Å². The molecule has 2 aliphatic rings. The van der Waals surface area contributed by atoms with Gasteiger partial charge in [0, 0.05) is 11.9 Å². The highest BCUT2D eigenvalue weighted by Gasteiger charge is 2.60. The van der Waals surface area contributed by atoms with Crippen LogP contribution in [0.3, 0.4) is 0 Å². The van der Waals surface area contributed by atoms with Crippen LogP contribution in [0.1, 0.15) is 40.5 Å². The van der Waals surface area contributed by atoms with Gasteiger partial charge in [-0.2, -0.15) is 0 Å². The maximum atomic E-state index is 6.12. The predicted molar refractivity (Wildman–Crippen MR) is 68.4 cm³/mol. The summed E-state index contributed by atoms with van der Waals surface area (Å²) in [5, 5.41) is 0. The molecular weight excluding hydrogens is 195 g/mol. The number of fused-ring (bicyclic) bond motifs is 2. The van der Waals surface area contributed by atoms with Crippen molar-refractivity contribution in [1.82, 2.24) is 0 Å². The molecule has 4 atom stereocenters. The van der Waals surface area contributed by atoms with Gasteiger partial charge in [0.25, 0.3) is 0 Å². The van der Waals surface area contributed by atoms with E-state index in [0.717, 1.165) is 12.8 Å². The molecule has 2 bridgehead atoms. The highest BCUT2D eigenvalue weighted by Crippen LogP contribution is 2.59. The number of hydrogen-bond donors (Lipinski definition) is 0. The summed E-state index contributed by atoms with van der Waals surface area (Å²) in [4.78, 5) is 0. The van der Waals surface area contributed by atoms with Crippen LogP contribution in [0.5, 0.6) is 0 Å². The largest absolute Gasteiger partial charge is 0.380 e. The maximum absolute atomic E-state index is 6.12. The first-order valence-corrected chi connectivity index (χ1v) is 6.48. The Kier molecular flexibility index (Phi) is 2.98. The van der Waals surface area contributed by atoms with Gasteiger partial charge < -0.3 is 4.74 Å². The van der Waals surface area contributed by atoms with Gasteiger partial charge in [-0.1, -0.05) is 39.8 Å². The molecule has 2 unspecified atom stereocenters. The molecule has 2 radical (unpaired) electrons. The van der Waals surface area contributed by atoms with Gasteiger partial charge in [-0.3, -0.25) is 0 Å². The van der Waals surface area contributed by atoms with E-state index in [2.05, 4.69) is 34.3 Å². The first-order chi connectivity index (χ1) is 7.37. The Balaban J connectivity index is 2.31. The van der Waals surface area contributed by atoms with Crippen LogP contribution in [0, 0.1) is 23.7 Å². The Morgan fingerprint density at radius 3 is 2.50 bits per heavy atom. The third-order valence-electron chi connectivity index (χ3n) is 4.19. The molecule has 1 heterocycles. The average Bonchev–Trinajstić information content (AvgIpc) is 2.49. The molecule has 0 aromatic heterocycles. The fourth-order valence-corrected chi connectivity index (χ4v) is 4.07. The minimum atomic E-state index is -0.118. The normalized spacial score (nSPS) is 42.6. The lowest BCUT2D eigenvalue weighted by atomic mass is 9.73. The smallest absolute Gasteiger partial charge is 0.109 e. The molecular formula is C14H23BO. The molecule has 1 aliphatic heterocycles. The maximum Gasteiger partial charge on any atom is 0.109 e. The molecule has 0 aromatic carbocycles. The molecule has 0 spiro atoms. The minimum absolute atomic E-state index is 0.0104. The molecule has 0 aromatic rings. The number of rotatable bonds is 3. The van der Waals surface area contributed by atoms with Crippen LogP contribution in [0.2, 0.25) is 0 Å². The van der Waals surface area contributed by atoms with E-state index >= 15 is 0 Å². The Labute approximate surface area is 101 Å². The third-order valence-corrected chi connectivity index (χ3v) is 4.19. The number of ether oxygens (including phenoxy) is 1. The molecule has 88 valence electrons. The standard InChI is InChI=1S/C14H23BO/c1-8(2)6-14-7-10(5)11(13(15)16-14)12(14)9(3)4/h8-9,11-13H,5-7H2,1-4H3/t11?,12-,13+,14?/m0/s1. The van der Waals surface area contributed by atoms with Gasteiger partial charge in [-0.05, 0) is 30.6 Å². The second-order valence-electron chi connectivity index (χ2n) is 6.38. The van der Waals surface area contributed by atoms with Gasteiger partial charge in [0.1, 0.15) is 7.85 Å². The number of hydrogen-bond acceptors (Lipinski definition) is 1. The topological polar surface area (TPSA) is 9.23 Å². The Hall–Kier alpha value is -0.235. The quantitative estimate of drug-likeness (QED) is 0.522. The summed E-state index contributed by atoms with van der Waals surface area (Å²) >= 11 is 0. The molecule has 1 saturated carbocycles. The van der Waals surface area contributed by atoms with Crippen LogP contribution in [0.15, 0.2) is 12.2 Å². The van der Waals surface area contributed by atoms with Crippen LogP contribution in [-0.2, 0) is 4.74 Å². The van der Waals surface area contributed by atoms with Crippen LogP contribution < -0.4 is 0 Å². The second-order valence-corrected chi connectivity index (χ2v) is 6.38. The van der Waals surface area contributed by atoms with Crippen molar-refractivity contribution in [2.45, 2.75) is 52.1 Å². The van der Waals surface area contributed by atoms with E-state index < -0.39 is 0 Å². The molecule has 0 amide bonds. The summed E-state index contributed by atoms with van der Waals surface area (Å²) in [6.07, 6.45) is 2.13. The summed E-state index contributed by atoms with van der Waals surface area (Å²) < 4.78 is 6.12. The van der Waals surface area contributed by atoms with Crippen LogP contribution in [-0.4, -0.2) is 19.5 Å². The van der Waals surface area contributed by atoms with E-state index in [1.165, 1.54) is 5.57 Å². The molecule has 1 nitrogen and oxygen atoms in total. The lowest BCUT2D eigenvalue weighted by Crippen LogP contribution is -2.37. The van der Waals surface area contributed by atoms with Crippen molar-refractivity contribution in [2.24, 2.45) is 23.7 Å². The lowest BCUT2D eigenvalue weighted by Gasteiger charge is -2.35. The summed E-state index contributed by atoms with van der Waals surface area (Å²) in [6.45, 7) is 13.3. The van der Waals surface area contributed by atoms with Gasteiger partial charge in [0.2, 0.25) is 0 Å². The molecule has 1 aliphatic carbocycles. The van der Waals surface area contributed by atoms with Crippen LogP contribution in [0.4, 0.5) is 0 Å². The first-order valence-electron chi connectivity index (χ1n) is 6.48. The predicted octanol–water partition coefficient (Wildman–Crippen LogP) is 3.14. The van der Waals surface area contributed by atoms with Gasteiger partial charge in [0.05, 0.1) is 5.60 Å². The second kappa shape index (κ2) is 3.91. The first kappa shape index (κ1) is 12.2. The zero-order valence-corrected chi connectivity index (χ0v) is 11.0. The molecule has 2 heteroatoms. The van der Waals surface area contributed by atoms with Crippen molar-refractivity contribution in [1.29, 1.82) is 0 Å². The molecule has 2 rings (SSSR count). The van der Waals surface area contributed by atoms with Gasteiger partial charge in [-0.15, -0.1) is 0 Å². The van der Waals surface area contributed by atoms with E-state index in [9.17, 15) is 0 Å². The Bertz CT molecular complexity index is 297. The van der Waals surface area contributed by atoms with E-state index in [1.807, 2.05) is 0 Å².